The van der Waals surface area contributed by atoms with Crippen LogP contribution in [0.4, 0.5) is 10.5 Å². The van der Waals surface area contributed by atoms with Crippen LogP contribution in [0, 0.1) is 5.92 Å². The number of hydrogen-bond donors (Lipinski definition) is 0. The number of imide groups is 1. The molecule has 1 fully saturated rings. The Bertz CT molecular complexity index is 718. The van der Waals surface area contributed by atoms with E-state index < -0.39 is 0 Å². The molecule has 1 aromatic rings. The van der Waals surface area contributed by atoms with Gasteiger partial charge in [-0.3, -0.25) is 14.6 Å². The number of hydrogen-bond acceptors (Lipinski definition) is 2. The van der Waals surface area contributed by atoms with Gasteiger partial charge in [-0.1, -0.05) is 49.8 Å². The standard InChI is InChI=1S/C21H26N2O2/c1-4-16(3)18-9-11-19(12-10-18)22-14-20(24)23(21(22)25)13-17-7-5-15(2)6-8-17/h5-7,9-12,16-17H,4,8,13-14H2,1-3H3. The van der Waals surface area contributed by atoms with Crippen molar-refractivity contribution in [1.82, 2.24) is 4.90 Å². The minimum atomic E-state index is -0.207. The molecule has 0 bridgehead atoms. The molecule has 1 saturated heterocycles. The third kappa shape index (κ3) is 3.68. The highest BCUT2D eigenvalue weighted by Gasteiger charge is 2.37. The van der Waals surface area contributed by atoms with Crippen molar-refractivity contribution in [1.29, 1.82) is 0 Å². The summed E-state index contributed by atoms with van der Waals surface area (Å²) in [6, 6.07) is 7.80. The van der Waals surface area contributed by atoms with Gasteiger partial charge >= 0.3 is 6.03 Å². The van der Waals surface area contributed by atoms with Gasteiger partial charge in [-0.15, -0.1) is 0 Å². The molecule has 1 aliphatic heterocycles. The highest BCUT2D eigenvalue weighted by atomic mass is 16.2. The molecule has 1 aliphatic carbocycles. The van der Waals surface area contributed by atoms with Crippen LogP contribution < -0.4 is 4.90 Å². The van der Waals surface area contributed by atoms with Gasteiger partial charge in [0, 0.05) is 12.2 Å². The first-order valence-corrected chi connectivity index (χ1v) is 9.06. The molecule has 2 atom stereocenters. The van der Waals surface area contributed by atoms with E-state index in [0.717, 1.165) is 18.5 Å². The second-order valence-electron chi connectivity index (χ2n) is 7.08. The SMILES string of the molecule is CCC(C)c1ccc(N2CC(=O)N(CC3C=CC(C)=CC3)C2=O)cc1. The maximum absolute atomic E-state index is 12.7. The number of carbonyl (C=O) groups is 2. The van der Waals surface area contributed by atoms with Crippen LogP contribution >= 0.6 is 0 Å². The van der Waals surface area contributed by atoms with E-state index in [4.69, 9.17) is 0 Å². The van der Waals surface area contributed by atoms with Crippen molar-refractivity contribution in [3.8, 4) is 0 Å². The van der Waals surface area contributed by atoms with Gasteiger partial charge in [0.1, 0.15) is 6.54 Å². The van der Waals surface area contributed by atoms with Crippen LogP contribution in [0.1, 0.15) is 45.1 Å². The fraction of sp³-hybridized carbons (Fsp3) is 0.429. The van der Waals surface area contributed by atoms with E-state index >= 15 is 0 Å². The van der Waals surface area contributed by atoms with E-state index in [1.54, 1.807) is 4.90 Å². The molecule has 4 nitrogen and oxygen atoms in total. The summed E-state index contributed by atoms with van der Waals surface area (Å²) in [4.78, 5) is 28.0. The van der Waals surface area contributed by atoms with E-state index in [1.165, 1.54) is 16.0 Å². The summed E-state index contributed by atoms with van der Waals surface area (Å²) in [5, 5.41) is 0. The molecule has 25 heavy (non-hydrogen) atoms. The summed E-state index contributed by atoms with van der Waals surface area (Å²) in [6.07, 6.45) is 8.27. The Balaban J connectivity index is 1.69. The highest BCUT2D eigenvalue weighted by Crippen LogP contribution is 2.26. The number of amides is 3. The van der Waals surface area contributed by atoms with Gasteiger partial charge in [0.25, 0.3) is 5.91 Å². The summed E-state index contributed by atoms with van der Waals surface area (Å²) < 4.78 is 0. The van der Waals surface area contributed by atoms with Crippen molar-refractivity contribution in [3.05, 3.63) is 53.6 Å². The van der Waals surface area contributed by atoms with Crippen molar-refractivity contribution in [2.75, 3.05) is 18.0 Å². The average Bonchev–Trinajstić information content (AvgIpc) is 2.91. The average molecular weight is 338 g/mol. The monoisotopic (exact) mass is 338 g/mol. The molecular formula is C21H26N2O2. The Morgan fingerprint density at radius 2 is 1.92 bits per heavy atom. The zero-order valence-corrected chi connectivity index (χ0v) is 15.2. The fourth-order valence-corrected chi connectivity index (χ4v) is 3.28. The van der Waals surface area contributed by atoms with E-state index in [9.17, 15) is 9.59 Å². The van der Waals surface area contributed by atoms with Crippen molar-refractivity contribution >= 4 is 17.6 Å². The van der Waals surface area contributed by atoms with Gasteiger partial charge in [-0.25, -0.2) is 4.79 Å². The Kier molecular flexibility index (Phi) is 5.07. The normalized spacial score (nSPS) is 21.7. The van der Waals surface area contributed by atoms with Gasteiger partial charge in [-0.05, 0) is 49.3 Å². The topological polar surface area (TPSA) is 40.6 Å². The molecule has 3 rings (SSSR count). The minimum absolute atomic E-state index is 0.115. The molecular weight excluding hydrogens is 312 g/mol. The Morgan fingerprint density at radius 1 is 1.20 bits per heavy atom. The molecule has 0 aromatic heterocycles. The van der Waals surface area contributed by atoms with Crippen molar-refractivity contribution < 1.29 is 9.59 Å². The molecule has 132 valence electrons. The molecule has 2 aliphatic rings. The van der Waals surface area contributed by atoms with Gasteiger partial charge in [0.2, 0.25) is 0 Å². The van der Waals surface area contributed by atoms with Gasteiger partial charge in [0.05, 0.1) is 0 Å². The third-order valence-electron chi connectivity index (χ3n) is 5.23. The lowest BCUT2D eigenvalue weighted by Gasteiger charge is -2.22. The van der Waals surface area contributed by atoms with Crippen molar-refractivity contribution in [3.63, 3.8) is 0 Å². The summed E-state index contributed by atoms with van der Waals surface area (Å²) in [6.45, 7) is 7.00. The zero-order chi connectivity index (χ0) is 18.0. The highest BCUT2D eigenvalue weighted by molar-refractivity contribution is 6.12. The molecule has 0 saturated carbocycles. The second-order valence-corrected chi connectivity index (χ2v) is 7.08. The Morgan fingerprint density at radius 3 is 2.52 bits per heavy atom. The van der Waals surface area contributed by atoms with Gasteiger partial charge in [-0.2, -0.15) is 0 Å². The Hall–Kier alpha value is -2.36. The van der Waals surface area contributed by atoms with Crippen LogP contribution in [-0.4, -0.2) is 29.9 Å². The van der Waals surface area contributed by atoms with E-state index in [2.05, 4.69) is 51.1 Å². The number of anilines is 1. The molecule has 3 amide bonds. The number of urea groups is 1. The quantitative estimate of drug-likeness (QED) is 0.742. The molecule has 0 N–H and O–H groups in total. The predicted molar refractivity (Wildman–Crippen MR) is 101 cm³/mol. The third-order valence-corrected chi connectivity index (χ3v) is 5.23. The molecule has 4 heteroatoms. The number of nitrogens with zero attached hydrogens (tertiary/aromatic N) is 2. The van der Waals surface area contributed by atoms with Crippen LogP contribution in [0.15, 0.2) is 48.1 Å². The molecule has 2 unspecified atom stereocenters. The number of allylic oxidation sites excluding steroid dienone is 3. The first kappa shape index (κ1) is 17.5. The first-order chi connectivity index (χ1) is 12.0. The molecule has 0 spiro atoms. The number of benzene rings is 1. The lowest BCUT2D eigenvalue weighted by molar-refractivity contribution is -0.125. The summed E-state index contributed by atoms with van der Waals surface area (Å²) in [7, 11) is 0. The van der Waals surface area contributed by atoms with Crippen LogP contribution in [0.3, 0.4) is 0 Å². The number of rotatable bonds is 5. The summed E-state index contributed by atoms with van der Waals surface area (Å²) in [5.74, 6) is 0.594. The van der Waals surface area contributed by atoms with Gasteiger partial charge in [0.15, 0.2) is 0 Å². The minimum Gasteiger partial charge on any atom is -0.285 e. The van der Waals surface area contributed by atoms with Crippen LogP contribution in [-0.2, 0) is 4.79 Å². The maximum atomic E-state index is 12.7. The summed E-state index contributed by atoms with van der Waals surface area (Å²) >= 11 is 0. The molecule has 1 heterocycles. The van der Waals surface area contributed by atoms with Crippen LogP contribution in [0.2, 0.25) is 0 Å². The van der Waals surface area contributed by atoms with E-state index in [-0.39, 0.29) is 24.4 Å². The largest absolute Gasteiger partial charge is 0.331 e. The maximum Gasteiger partial charge on any atom is 0.331 e. The zero-order valence-electron chi connectivity index (χ0n) is 15.2. The summed E-state index contributed by atoms with van der Waals surface area (Å²) in [5.41, 5.74) is 3.29. The Labute approximate surface area is 149 Å². The fourth-order valence-electron chi connectivity index (χ4n) is 3.28. The number of carbonyl (C=O) groups excluding carboxylic acids is 2. The van der Waals surface area contributed by atoms with Crippen molar-refractivity contribution in [2.24, 2.45) is 5.92 Å². The first-order valence-electron chi connectivity index (χ1n) is 9.06. The van der Waals surface area contributed by atoms with E-state index in [1.807, 2.05) is 12.1 Å². The molecule has 1 aromatic carbocycles. The molecule has 0 radical (unpaired) electrons. The van der Waals surface area contributed by atoms with Crippen LogP contribution in [0.25, 0.3) is 0 Å². The second kappa shape index (κ2) is 7.26. The lowest BCUT2D eigenvalue weighted by atomic mass is 9.97. The van der Waals surface area contributed by atoms with Crippen molar-refractivity contribution in [2.45, 2.75) is 39.5 Å². The van der Waals surface area contributed by atoms with Crippen LogP contribution in [0.5, 0.6) is 0 Å². The lowest BCUT2D eigenvalue weighted by Crippen LogP contribution is -2.36. The smallest absolute Gasteiger partial charge is 0.285 e. The predicted octanol–water partition coefficient (Wildman–Crippen LogP) is 4.49. The van der Waals surface area contributed by atoms with E-state index in [0.29, 0.717) is 12.5 Å². The van der Waals surface area contributed by atoms with Gasteiger partial charge < -0.3 is 0 Å².